The molecule has 0 radical (unpaired) electrons. The fourth-order valence-corrected chi connectivity index (χ4v) is 1.95. The topological polar surface area (TPSA) is 67.4 Å². The standard InChI is InChI=1S/C16H14F2N2O3/c1-9(21)19-11-4-6-15(23-2)12(8-11)16(22)20-14-5-3-10(17)7-13(14)18/h3-8H,1-2H3,(H,19,21)(H,20,22). The summed E-state index contributed by atoms with van der Waals surface area (Å²) < 4.78 is 31.6. The highest BCUT2D eigenvalue weighted by atomic mass is 19.1. The number of carbonyl (C=O) groups is 2. The molecule has 0 atom stereocenters. The molecule has 23 heavy (non-hydrogen) atoms. The monoisotopic (exact) mass is 320 g/mol. The normalized spacial score (nSPS) is 10.1. The van der Waals surface area contributed by atoms with Crippen LogP contribution in [0.3, 0.4) is 0 Å². The molecule has 0 saturated heterocycles. The van der Waals surface area contributed by atoms with Crippen molar-refractivity contribution in [3.8, 4) is 5.75 Å². The van der Waals surface area contributed by atoms with Crippen LogP contribution in [-0.2, 0) is 4.79 Å². The average molecular weight is 320 g/mol. The predicted molar refractivity (Wildman–Crippen MR) is 81.6 cm³/mol. The van der Waals surface area contributed by atoms with Gasteiger partial charge in [0.25, 0.3) is 5.91 Å². The number of hydrogen-bond acceptors (Lipinski definition) is 3. The molecule has 2 aromatic carbocycles. The Morgan fingerprint density at radius 3 is 2.39 bits per heavy atom. The molecular formula is C16H14F2N2O3. The maximum absolute atomic E-state index is 13.6. The fraction of sp³-hybridized carbons (Fsp3) is 0.125. The van der Waals surface area contributed by atoms with Crippen LogP contribution in [0.15, 0.2) is 36.4 Å². The zero-order valence-corrected chi connectivity index (χ0v) is 12.4. The third-order valence-electron chi connectivity index (χ3n) is 2.94. The first kappa shape index (κ1) is 16.4. The van der Waals surface area contributed by atoms with E-state index in [-0.39, 0.29) is 22.9 Å². The molecule has 0 aromatic heterocycles. The first-order chi connectivity index (χ1) is 10.9. The molecule has 2 amide bonds. The van der Waals surface area contributed by atoms with E-state index in [9.17, 15) is 18.4 Å². The Bertz CT molecular complexity index is 763. The summed E-state index contributed by atoms with van der Waals surface area (Å²) in [7, 11) is 1.38. The van der Waals surface area contributed by atoms with Crippen LogP contribution < -0.4 is 15.4 Å². The van der Waals surface area contributed by atoms with E-state index >= 15 is 0 Å². The van der Waals surface area contributed by atoms with Gasteiger partial charge < -0.3 is 15.4 Å². The third-order valence-corrected chi connectivity index (χ3v) is 2.94. The number of anilines is 2. The predicted octanol–water partition coefficient (Wildman–Crippen LogP) is 3.18. The number of methoxy groups -OCH3 is 1. The Labute approximate surface area is 131 Å². The Morgan fingerprint density at radius 2 is 1.78 bits per heavy atom. The molecule has 5 nitrogen and oxygen atoms in total. The molecule has 2 rings (SSSR count). The Balaban J connectivity index is 2.31. The fourth-order valence-electron chi connectivity index (χ4n) is 1.95. The van der Waals surface area contributed by atoms with E-state index in [1.165, 1.54) is 26.2 Å². The number of benzene rings is 2. The molecule has 0 saturated carbocycles. The van der Waals surface area contributed by atoms with Crippen LogP contribution in [0.25, 0.3) is 0 Å². The molecule has 0 aliphatic carbocycles. The van der Waals surface area contributed by atoms with Gasteiger partial charge in [-0.1, -0.05) is 0 Å². The van der Waals surface area contributed by atoms with E-state index in [2.05, 4.69) is 10.6 Å². The molecule has 2 aromatic rings. The highest BCUT2D eigenvalue weighted by molar-refractivity contribution is 6.07. The minimum Gasteiger partial charge on any atom is -0.496 e. The summed E-state index contributed by atoms with van der Waals surface area (Å²) in [6.45, 7) is 1.33. The summed E-state index contributed by atoms with van der Waals surface area (Å²) in [6.07, 6.45) is 0. The van der Waals surface area contributed by atoms with Crippen molar-refractivity contribution in [1.29, 1.82) is 0 Å². The van der Waals surface area contributed by atoms with Crippen LogP contribution in [0, 0.1) is 11.6 Å². The van der Waals surface area contributed by atoms with Crippen LogP contribution in [0.4, 0.5) is 20.2 Å². The van der Waals surface area contributed by atoms with Gasteiger partial charge >= 0.3 is 0 Å². The summed E-state index contributed by atoms with van der Waals surface area (Å²) in [5.41, 5.74) is 0.328. The lowest BCUT2D eigenvalue weighted by molar-refractivity contribution is -0.114. The van der Waals surface area contributed by atoms with Gasteiger partial charge in [0, 0.05) is 18.7 Å². The highest BCUT2D eigenvalue weighted by Gasteiger charge is 2.16. The lowest BCUT2D eigenvalue weighted by Crippen LogP contribution is -2.15. The van der Waals surface area contributed by atoms with E-state index in [0.29, 0.717) is 11.8 Å². The zero-order valence-electron chi connectivity index (χ0n) is 12.4. The molecule has 0 aliphatic rings. The summed E-state index contributed by atoms with van der Waals surface area (Å²) in [6, 6.07) is 7.28. The second kappa shape index (κ2) is 6.87. The van der Waals surface area contributed by atoms with Crippen LogP contribution in [-0.4, -0.2) is 18.9 Å². The SMILES string of the molecule is COc1ccc(NC(C)=O)cc1C(=O)Nc1ccc(F)cc1F. The second-order valence-corrected chi connectivity index (χ2v) is 4.67. The number of hydrogen-bond donors (Lipinski definition) is 2. The maximum Gasteiger partial charge on any atom is 0.259 e. The molecule has 120 valence electrons. The number of ether oxygens (including phenoxy) is 1. The molecule has 0 aliphatic heterocycles. The molecule has 0 heterocycles. The van der Waals surface area contributed by atoms with Crippen molar-refractivity contribution in [2.75, 3.05) is 17.7 Å². The molecule has 0 bridgehead atoms. The number of rotatable bonds is 4. The van der Waals surface area contributed by atoms with Gasteiger partial charge in [0.15, 0.2) is 0 Å². The zero-order chi connectivity index (χ0) is 17.0. The number of halogens is 2. The van der Waals surface area contributed by atoms with Crippen molar-refractivity contribution in [2.24, 2.45) is 0 Å². The lowest BCUT2D eigenvalue weighted by Gasteiger charge is -2.12. The van der Waals surface area contributed by atoms with Gasteiger partial charge in [0.05, 0.1) is 18.4 Å². The van der Waals surface area contributed by atoms with Gasteiger partial charge in [-0.2, -0.15) is 0 Å². The van der Waals surface area contributed by atoms with Crippen molar-refractivity contribution in [1.82, 2.24) is 0 Å². The summed E-state index contributed by atoms with van der Waals surface area (Å²) in [5, 5.41) is 4.87. The van der Waals surface area contributed by atoms with Gasteiger partial charge in [-0.05, 0) is 30.3 Å². The molecule has 2 N–H and O–H groups in total. The maximum atomic E-state index is 13.6. The van der Waals surface area contributed by atoms with Gasteiger partial charge in [-0.15, -0.1) is 0 Å². The quantitative estimate of drug-likeness (QED) is 0.909. The van der Waals surface area contributed by atoms with E-state index in [4.69, 9.17) is 4.74 Å². The Hall–Kier alpha value is -2.96. The van der Waals surface area contributed by atoms with Crippen LogP contribution in [0.2, 0.25) is 0 Å². The van der Waals surface area contributed by atoms with Crippen LogP contribution in [0.1, 0.15) is 17.3 Å². The summed E-state index contributed by atoms with van der Waals surface area (Å²) in [5.74, 6) is -2.34. The molecule has 0 fully saturated rings. The summed E-state index contributed by atoms with van der Waals surface area (Å²) in [4.78, 5) is 23.4. The second-order valence-electron chi connectivity index (χ2n) is 4.67. The average Bonchev–Trinajstić information content (AvgIpc) is 2.49. The van der Waals surface area contributed by atoms with E-state index in [1.807, 2.05) is 0 Å². The smallest absolute Gasteiger partial charge is 0.259 e. The molecule has 0 spiro atoms. The van der Waals surface area contributed by atoms with E-state index < -0.39 is 17.5 Å². The van der Waals surface area contributed by atoms with Gasteiger partial charge in [0.2, 0.25) is 5.91 Å². The lowest BCUT2D eigenvalue weighted by atomic mass is 10.1. The van der Waals surface area contributed by atoms with E-state index in [0.717, 1.165) is 12.1 Å². The molecule has 7 heteroatoms. The van der Waals surface area contributed by atoms with Crippen LogP contribution >= 0.6 is 0 Å². The van der Waals surface area contributed by atoms with Gasteiger partial charge in [-0.3, -0.25) is 9.59 Å². The molecule has 0 unspecified atom stereocenters. The van der Waals surface area contributed by atoms with Gasteiger partial charge in [0.1, 0.15) is 17.4 Å². The van der Waals surface area contributed by atoms with Crippen molar-refractivity contribution in [3.05, 3.63) is 53.6 Å². The van der Waals surface area contributed by atoms with Crippen LogP contribution in [0.5, 0.6) is 5.75 Å². The largest absolute Gasteiger partial charge is 0.496 e. The van der Waals surface area contributed by atoms with Crippen molar-refractivity contribution in [3.63, 3.8) is 0 Å². The summed E-state index contributed by atoms with van der Waals surface area (Å²) >= 11 is 0. The minimum atomic E-state index is -0.893. The first-order valence-electron chi connectivity index (χ1n) is 6.62. The van der Waals surface area contributed by atoms with E-state index in [1.54, 1.807) is 6.07 Å². The molecular weight excluding hydrogens is 306 g/mol. The van der Waals surface area contributed by atoms with Gasteiger partial charge in [-0.25, -0.2) is 8.78 Å². The van der Waals surface area contributed by atoms with Crippen molar-refractivity contribution >= 4 is 23.2 Å². The first-order valence-corrected chi connectivity index (χ1v) is 6.62. The highest BCUT2D eigenvalue weighted by Crippen LogP contribution is 2.24. The third kappa shape index (κ3) is 4.03. The van der Waals surface area contributed by atoms with Crippen molar-refractivity contribution < 1.29 is 23.1 Å². The number of nitrogens with one attached hydrogen (secondary N) is 2. The minimum absolute atomic E-state index is 0.0995. The Morgan fingerprint density at radius 1 is 1.04 bits per heavy atom. The number of amides is 2. The Kier molecular flexibility index (Phi) is 4.90. The number of carbonyl (C=O) groups excluding carboxylic acids is 2. The van der Waals surface area contributed by atoms with Crippen molar-refractivity contribution in [2.45, 2.75) is 6.92 Å².